The molecule has 0 N–H and O–H groups in total. The van der Waals surface area contributed by atoms with Crippen LogP contribution in [0.2, 0.25) is 0 Å². The molecule has 4 heteroatoms. The zero-order valence-electron chi connectivity index (χ0n) is 34.1. The maximum atomic E-state index is 6.73. The van der Waals surface area contributed by atoms with Crippen molar-refractivity contribution in [3.63, 3.8) is 0 Å². The van der Waals surface area contributed by atoms with Gasteiger partial charge in [-0.05, 0) is 70.8 Å². The van der Waals surface area contributed by atoms with Crippen molar-refractivity contribution in [2.24, 2.45) is 0 Å². The topological polar surface area (TPSA) is 35.9 Å². The highest BCUT2D eigenvalue weighted by molar-refractivity contribution is 6.24. The number of para-hydroxylation sites is 4. The molecule has 13 rings (SSSR count). The van der Waals surface area contributed by atoms with Crippen molar-refractivity contribution in [3.8, 4) is 56.1 Å². The molecule has 0 bridgehead atoms. The van der Waals surface area contributed by atoms with Crippen molar-refractivity contribution in [1.82, 2.24) is 14.1 Å². The molecule has 0 atom stereocenters. The van der Waals surface area contributed by atoms with E-state index in [4.69, 9.17) is 9.40 Å². The molecular formula is C59H37N3O. The van der Waals surface area contributed by atoms with Gasteiger partial charge < -0.3 is 13.6 Å². The minimum absolute atomic E-state index is 0.873. The van der Waals surface area contributed by atoms with Crippen LogP contribution in [0.4, 0.5) is 0 Å². The number of fused-ring (bicyclic) bond motifs is 10. The van der Waals surface area contributed by atoms with Crippen molar-refractivity contribution in [2.45, 2.75) is 0 Å². The van der Waals surface area contributed by atoms with E-state index >= 15 is 0 Å². The van der Waals surface area contributed by atoms with E-state index in [1.807, 2.05) is 6.07 Å². The first-order valence-electron chi connectivity index (χ1n) is 21.5. The summed E-state index contributed by atoms with van der Waals surface area (Å²) in [5.74, 6) is 0. The quantitative estimate of drug-likeness (QED) is 0.168. The van der Waals surface area contributed by atoms with Crippen LogP contribution in [0.25, 0.3) is 122 Å². The van der Waals surface area contributed by atoms with Gasteiger partial charge in [0.1, 0.15) is 5.58 Å². The number of nitrogens with zero attached hydrogens (tertiary/aromatic N) is 3. The molecule has 0 amide bonds. The molecule has 294 valence electrons. The third-order valence-corrected chi connectivity index (χ3v) is 12.7. The second kappa shape index (κ2) is 14.1. The number of rotatable bonds is 6. The average Bonchev–Trinajstić information content (AvgIpc) is 4.03. The Morgan fingerprint density at radius 3 is 1.54 bits per heavy atom. The van der Waals surface area contributed by atoms with Crippen LogP contribution in [0.5, 0.6) is 0 Å². The molecule has 9 aromatic carbocycles. The summed E-state index contributed by atoms with van der Waals surface area (Å²) < 4.78 is 11.6. The number of furan rings is 1. The number of hydrogen-bond donors (Lipinski definition) is 0. The highest BCUT2D eigenvalue weighted by Gasteiger charge is 2.23. The predicted octanol–water partition coefficient (Wildman–Crippen LogP) is 15.8. The summed E-state index contributed by atoms with van der Waals surface area (Å²) in [5.41, 5.74) is 17.0. The molecule has 0 saturated carbocycles. The number of aromatic nitrogens is 3. The zero-order chi connectivity index (χ0) is 41.4. The minimum Gasteiger partial charge on any atom is -0.454 e. The van der Waals surface area contributed by atoms with Crippen molar-refractivity contribution in [1.29, 1.82) is 0 Å². The summed E-state index contributed by atoms with van der Waals surface area (Å²) in [6.07, 6.45) is 0. The lowest BCUT2D eigenvalue weighted by Gasteiger charge is -2.14. The summed E-state index contributed by atoms with van der Waals surface area (Å²) in [4.78, 5) is 5.40. The first-order valence-corrected chi connectivity index (χ1v) is 21.5. The highest BCUT2D eigenvalue weighted by atomic mass is 16.3. The summed E-state index contributed by atoms with van der Waals surface area (Å²) in [5, 5.41) is 6.99. The minimum atomic E-state index is 0.873. The summed E-state index contributed by atoms with van der Waals surface area (Å²) in [6.45, 7) is 0. The van der Waals surface area contributed by atoms with Crippen molar-refractivity contribution >= 4 is 65.6 Å². The Morgan fingerprint density at radius 1 is 0.317 bits per heavy atom. The van der Waals surface area contributed by atoms with Gasteiger partial charge in [-0.15, -0.1) is 0 Å². The van der Waals surface area contributed by atoms with Gasteiger partial charge in [0.05, 0.1) is 39.1 Å². The first-order chi connectivity index (χ1) is 31.2. The molecule has 4 nitrogen and oxygen atoms in total. The molecule has 0 radical (unpaired) electrons. The van der Waals surface area contributed by atoms with Crippen molar-refractivity contribution in [3.05, 3.63) is 224 Å². The molecule has 0 aliphatic carbocycles. The molecule has 4 heterocycles. The largest absolute Gasteiger partial charge is 0.454 e. The van der Waals surface area contributed by atoms with E-state index in [1.165, 1.54) is 32.7 Å². The van der Waals surface area contributed by atoms with Crippen LogP contribution in [0.1, 0.15) is 0 Å². The highest BCUT2D eigenvalue weighted by Crippen LogP contribution is 2.44. The van der Waals surface area contributed by atoms with Crippen LogP contribution in [0, 0.1) is 0 Å². The molecule has 0 aliphatic rings. The average molecular weight is 804 g/mol. The lowest BCUT2D eigenvalue weighted by Crippen LogP contribution is -1.99. The van der Waals surface area contributed by atoms with Gasteiger partial charge in [-0.3, -0.25) is 0 Å². The van der Waals surface area contributed by atoms with Crippen LogP contribution in [0.15, 0.2) is 229 Å². The van der Waals surface area contributed by atoms with Gasteiger partial charge in [0.15, 0.2) is 5.58 Å². The Balaban J connectivity index is 1.05. The standard InChI is InChI=1S/C59H37N3O/c1-3-15-38(16-4-1)40-29-31-41(32-30-40)51-36-43(39-17-5-2-6-18-39)37-52(60-51)42-19-13-20-44(35-42)61-53-25-10-7-21-45(53)48-33-34-49-46-22-8-11-26-54(46)62(58(49)57(48)61)55-27-14-24-50-47-23-9-12-28-56(47)63-59(50)55/h1-37H. The molecule has 4 aromatic heterocycles. The Hall–Kier alpha value is -8.47. The van der Waals surface area contributed by atoms with Crippen LogP contribution in [-0.2, 0) is 0 Å². The van der Waals surface area contributed by atoms with Gasteiger partial charge in [0, 0.05) is 49.1 Å². The monoisotopic (exact) mass is 803 g/mol. The second-order valence-corrected chi connectivity index (χ2v) is 16.3. The van der Waals surface area contributed by atoms with Crippen LogP contribution >= 0.6 is 0 Å². The molecule has 0 unspecified atom stereocenters. The predicted molar refractivity (Wildman–Crippen MR) is 262 cm³/mol. The SMILES string of the molecule is c1ccc(-c2ccc(-c3cc(-c4ccccc4)cc(-c4cccc(-n5c6ccccc6c6ccc7c8ccccc8n(-c8cccc9c8oc8ccccc89)c7c65)c4)n3)cc2)cc1. The first kappa shape index (κ1) is 35.3. The molecule has 13 aromatic rings. The van der Waals surface area contributed by atoms with E-state index in [9.17, 15) is 0 Å². The number of benzene rings is 9. The third-order valence-electron chi connectivity index (χ3n) is 12.7. The van der Waals surface area contributed by atoms with E-state index < -0.39 is 0 Å². The zero-order valence-corrected chi connectivity index (χ0v) is 34.1. The Morgan fingerprint density at radius 2 is 0.825 bits per heavy atom. The molecule has 0 aliphatic heterocycles. The van der Waals surface area contributed by atoms with Gasteiger partial charge >= 0.3 is 0 Å². The Labute approximate surface area is 363 Å². The lowest BCUT2D eigenvalue weighted by atomic mass is 9.98. The fourth-order valence-electron chi connectivity index (χ4n) is 9.82. The van der Waals surface area contributed by atoms with Crippen molar-refractivity contribution in [2.75, 3.05) is 0 Å². The number of hydrogen-bond acceptors (Lipinski definition) is 2. The van der Waals surface area contributed by atoms with Gasteiger partial charge in [0.2, 0.25) is 0 Å². The van der Waals surface area contributed by atoms with Gasteiger partial charge in [-0.2, -0.15) is 0 Å². The van der Waals surface area contributed by atoms with E-state index in [0.29, 0.717) is 0 Å². The van der Waals surface area contributed by atoms with Crippen LogP contribution < -0.4 is 0 Å². The summed E-state index contributed by atoms with van der Waals surface area (Å²) in [6, 6.07) is 80.2. The summed E-state index contributed by atoms with van der Waals surface area (Å²) in [7, 11) is 0. The summed E-state index contributed by atoms with van der Waals surface area (Å²) >= 11 is 0. The van der Waals surface area contributed by atoms with Crippen molar-refractivity contribution < 1.29 is 4.42 Å². The normalized spacial score (nSPS) is 11.8. The van der Waals surface area contributed by atoms with E-state index in [2.05, 4.69) is 228 Å². The lowest BCUT2D eigenvalue weighted by molar-refractivity contribution is 0.666. The Bertz CT molecular complexity index is 3890. The molecule has 63 heavy (non-hydrogen) atoms. The molecule has 0 spiro atoms. The maximum Gasteiger partial charge on any atom is 0.159 e. The molecule has 0 saturated heterocycles. The number of pyridine rings is 1. The fourth-order valence-corrected chi connectivity index (χ4v) is 9.82. The van der Waals surface area contributed by atoms with Gasteiger partial charge in [-0.1, -0.05) is 176 Å². The fraction of sp³-hybridized carbons (Fsp3) is 0. The van der Waals surface area contributed by atoms with E-state index in [0.717, 1.165) is 89.0 Å². The third kappa shape index (κ3) is 5.59. The van der Waals surface area contributed by atoms with Crippen LogP contribution in [-0.4, -0.2) is 14.1 Å². The van der Waals surface area contributed by atoms with Crippen LogP contribution in [0.3, 0.4) is 0 Å². The van der Waals surface area contributed by atoms with Gasteiger partial charge in [-0.25, -0.2) is 4.98 Å². The molecular weight excluding hydrogens is 767 g/mol. The van der Waals surface area contributed by atoms with E-state index in [-0.39, 0.29) is 0 Å². The maximum absolute atomic E-state index is 6.73. The Kier molecular flexibility index (Phi) is 7.87. The second-order valence-electron chi connectivity index (χ2n) is 16.3. The smallest absolute Gasteiger partial charge is 0.159 e. The van der Waals surface area contributed by atoms with Gasteiger partial charge in [0.25, 0.3) is 0 Å². The van der Waals surface area contributed by atoms with E-state index in [1.54, 1.807) is 0 Å². The molecule has 0 fully saturated rings.